The molecule has 1 amide bonds. The van der Waals surface area contributed by atoms with Crippen LogP contribution in [0, 0.1) is 35.5 Å². The standard InChI is InChI=1S/C21H23N5O2.C10H18O2/c1-12-8-13(2)18-15(12)9-16(28-18)26-11-24-17-19(22-10-23-20(17)26)25-21(27)14-6-4-3-5-7-14;1-6-4-7(2)10-8(6)5-9(11-3)12-10/h3-7,10-13,15-16,18H,8-9H2,1-2H3,(H,22,23,25,27);6-10H,4-5H2,1-3H3/t12-,13-,15+,16?,18-;6-,7-,8+,9?,10-/m11/s1. The Bertz CT molecular complexity index is 1300. The SMILES string of the molecule is COC1C[C@@H]2[C@H](O1)[C@H](C)C[C@H]2C.C[C@@H]1C[C@@H](C)[C@H]2OC(n3cnc4c(NC(=O)c5ccccc5)ncnc43)C[C@H]21. The van der Waals surface area contributed by atoms with E-state index in [0.29, 0.717) is 52.5 Å². The highest BCUT2D eigenvalue weighted by Crippen LogP contribution is 2.49. The highest BCUT2D eigenvalue weighted by molar-refractivity contribution is 6.06. The second-order valence-electron chi connectivity index (χ2n) is 12.4. The first-order valence-corrected chi connectivity index (χ1v) is 14.7. The molecule has 2 unspecified atom stereocenters. The van der Waals surface area contributed by atoms with Crippen molar-refractivity contribution in [2.24, 2.45) is 35.5 Å². The van der Waals surface area contributed by atoms with Gasteiger partial charge in [-0.2, -0.15) is 0 Å². The van der Waals surface area contributed by atoms with Gasteiger partial charge in [0.1, 0.15) is 12.6 Å². The molecule has 1 aromatic carbocycles. The summed E-state index contributed by atoms with van der Waals surface area (Å²) in [6, 6.07) is 9.06. The molecule has 4 heterocycles. The topological polar surface area (TPSA) is 100 Å². The number of fused-ring (bicyclic) bond motifs is 3. The molecule has 214 valence electrons. The molecule has 1 N–H and O–H groups in total. The average Bonchev–Trinajstić information content (AvgIpc) is 3.76. The molecule has 4 fully saturated rings. The Morgan fingerprint density at radius 3 is 2.20 bits per heavy atom. The predicted octanol–water partition coefficient (Wildman–Crippen LogP) is 5.70. The smallest absolute Gasteiger partial charge is 0.256 e. The van der Waals surface area contributed by atoms with Crippen molar-refractivity contribution in [2.75, 3.05) is 12.4 Å². The Balaban J connectivity index is 0.000000201. The number of amides is 1. The summed E-state index contributed by atoms with van der Waals surface area (Å²) in [7, 11) is 1.74. The third-order valence-electron chi connectivity index (χ3n) is 9.68. The number of methoxy groups -OCH3 is 1. The van der Waals surface area contributed by atoms with Crippen molar-refractivity contribution in [1.29, 1.82) is 0 Å². The summed E-state index contributed by atoms with van der Waals surface area (Å²) >= 11 is 0. The van der Waals surface area contributed by atoms with E-state index in [1.165, 1.54) is 19.2 Å². The van der Waals surface area contributed by atoms with E-state index in [-0.39, 0.29) is 18.4 Å². The molecular formula is C31H41N5O4. The van der Waals surface area contributed by atoms with Crippen LogP contribution in [0.1, 0.15) is 70.0 Å². The van der Waals surface area contributed by atoms with E-state index in [1.807, 2.05) is 22.8 Å². The largest absolute Gasteiger partial charge is 0.356 e. The number of imidazole rings is 1. The number of carbonyl (C=O) groups is 1. The van der Waals surface area contributed by atoms with Crippen molar-refractivity contribution in [2.45, 2.75) is 78.1 Å². The van der Waals surface area contributed by atoms with Gasteiger partial charge in [0, 0.05) is 19.1 Å². The molecule has 2 saturated carbocycles. The minimum Gasteiger partial charge on any atom is -0.356 e. The quantitative estimate of drug-likeness (QED) is 0.447. The maximum absolute atomic E-state index is 12.5. The molecule has 3 aromatic rings. The third-order valence-corrected chi connectivity index (χ3v) is 9.68. The highest BCUT2D eigenvalue weighted by atomic mass is 16.7. The minimum absolute atomic E-state index is 0.0715. The number of benzene rings is 1. The maximum atomic E-state index is 12.5. The number of ether oxygens (including phenoxy) is 3. The summed E-state index contributed by atoms with van der Waals surface area (Å²) < 4.78 is 19.4. The van der Waals surface area contributed by atoms with E-state index >= 15 is 0 Å². The molecule has 9 heteroatoms. The lowest BCUT2D eigenvalue weighted by molar-refractivity contribution is -0.123. The number of rotatable bonds is 4. The fourth-order valence-electron chi connectivity index (χ4n) is 7.66. The van der Waals surface area contributed by atoms with E-state index in [4.69, 9.17) is 14.2 Å². The first-order chi connectivity index (χ1) is 19.3. The number of hydrogen-bond donors (Lipinski definition) is 1. The van der Waals surface area contributed by atoms with E-state index in [2.05, 4.69) is 48.0 Å². The van der Waals surface area contributed by atoms with Gasteiger partial charge in [0.05, 0.1) is 18.5 Å². The van der Waals surface area contributed by atoms with Crippen LogP contribution in [0.2, 0.25) is 0 Å². The average molecular weight is 548 g/mol. The second-order valence-corrected chi connectivity index (χ2v) is 12.4. The van der Waals surface area contributed by atoms with Gasteiger partial charge in [-0.05, 0) is 66.9 Å². The van der Waals surface area contributed by atoms with Crippen LogP contribution in [0.25, 0.3) is 11.2 Å². The zero-order valence-electron chi connectivity index (χ0n) is 24.1. The summed E-state index contributed by atoms with van der Waals surface area (Å²) in [5.74, 6) is 4.34. The fraction of sp³-hybridized carbons (Fsp3) is 0.613. The van der Waals surface area contributed by atoms with E-state index in [1.54, 1.807) is 25.6 Å². The number of aromatic nitrogens is 4. The van der Waals surface area contributed by atoms with Crippen molar-refractivity contribution in [3.63, 3.8) is 0 Å². The van der Waals surface area contributed by atoms with Crippen LogP contribution in [0.3, 0.4) is 0 Å². The highest BCUT2D eigenvalue weighted by Gasteiger charge is 2.48. The Morgan fingerprint density at radius 1 is 0.875 bits per heavy atom. The number of nitrogens with zero attached hydrogens (tertiary/aromatic N) is 4. The molecule has 2 saturated heterocycles. The zero-order chi connectivity index (χ0) is 28.0. The van der Waals surface area contributed by atoms with Crippen LogP contribution in [0.5, 0.6) is 0 Å². The Morgan fingerprint density at radius 2 is 1.55 bits per heavy atom. The molecule has 2 aliphatic carbocycles. The van der Waals surface area contributed by atoms with Crippen LogP contribution in [0.15, 0.2) is 43.0 Å². The summed E-state index contributed by atoms with van der Waals surface area (Å²) in [6.45, 7) is 9.22. The zero-order valence-corrected chi connectivity index (χ0v) is 24.1. The van der Waals surface area contributed by atoms with Crippen molar-refractivity contribution >= 4 is 22.9 Å². The molecule has 7 rings (SSSR count). The molecule has 2 aromatic heterocycles. The number of hydrogen-bond acceptors (Lipinski definition) is 7. The van der Waals surface area contributed by atoms with Crippen LogP contribution < -0.4 is 5.32 Å². The van der Waals surface area contributed by atoms with E-state index in [0.717, 1.165) is 30.6 Å². The number of nitrogens with one attached hydrogen (secondary N) is 1. The summed E-state index contributed by atoms with van der Waals surface area (Å²) in [4.78, 5) is 25.6. The molecule has 2 aliphatic heterocycles. The summed E-state index contributed by atoms with van der Waals surface area (Å²) in [5.41, 5.74) is 1.83. The Kier molecular flexibility index (Phi) is 7.63. The van der Waals surface area contributed by atoms with Crippen LogP contribution in [-0.4, -0.2) is 51.0 Å². The number of anilines is 1. The molecular weight excluding hydrogens is 506 g/mol. The molecule has 0 spiro atoms. The first-order valence-electron chi connectivity index (χ1n) is 14.7. The molecule has 10 atom stereocenters. The lowest BCUT2D eigenvalue weighted by Gasteiger charge is -2.17. The van der Waals surface area contributed by atoms with Crippen molar-refractivity contribution in [3.05, 3.63) is 48.5 Å². The lowest BCUT2D eigenvalue weighted by Crippen LogP contribution is -2.18. The van der Waals surface area contributed by atoms with Crippen LogP contribution >= 0.6 is 0 Å². The minimum atomic E-state index is -0.218. The van der Waals surface area contributed by atoms with Gasteiger partial charge in [-0.15, -0.1) is 0 Å². The van der Waals surface area contributed by atoms with Gasteiger partial charge in [-0.3, -0.25) is 9.36 Å². The van der Waals surface area contributed by atoms with Gasteiger partial charge in [0.15, 0.2) is 23.3 Å². The molecule has 0 bridgehead atoms. The van der Waals surface area contributed by atoms with Gasteiger partial charge >= 0.3 is 0 Å². The van der Waals surface area contributed by atoms with Gasteiger partial charge in [-0.25, -0.2) is 15.0 Å². The predicted molar refractivity (Wildman–Crippen MR) is 151 cm³/mol. The molecule has 40 heavy (non-hydrogen) atoms. The van der Waals surface area contributed by atoms with Crippen molar-refractivity contribution in [1.82, 2.24) is 19.5 Å². The lowest BCUT2D eigenvalue weighted by atomic mass is 9.94. The van der Waals surface area contributed by atoms with E-state index < -0.39 is 0 Å². The monoisotopic (exact) mass is 547 g/mol. The van der Waals surface area contributed by atoms with Gasteiger partial charge in [0.25, 0.3) is 5.91 Å². The second kappa shape index (κ2) is 11.2. The Hall–Kier alpha value is -2.88. The first kappa shape index (κ1) is 27.3. The maximum Gasteiger partial charge on any atom is 0.256 e. The van der Waals surface area contributed by atoms with E-state index in [9.17, 15) is 4.79 Å². The molecule has 4 aliphatic rings. The molecule has 9 nitrogen and oxygen atoms in total. The van der Waals surface area contributed by atoms with Gasteiger partial charge < -0.3 is 19.5 Å². The molecule has 0 radical (unpaired) electrons. The van der Waals surface area contributed by atoms with Gasteiger partial charge in [-0.1, -0.05) is 45.9 Å². The van der Waals surface area contributed by atoms with Crippen LogP contribution in [-0.2, 0) is 14.2 Å². The van der Waals surface area contributed by atoms with Crippen molar-refractivity contribution in [3.8, 4) is 0 Å². The van der Waals surface area contributed by atoms with Crippen LogP contribution in [0.4, 0.5) is 5.82 Å². The summed E-state index contributed by atoms with van der Waals surface area (Å²) in [6.07, 6.45) is 8.62. The number of carbonyl (C=O) groups excluding carboxylic acids is 1. The Labute approximate surface area is 236 Å². The fourth-order valence-corrected chi connectivity index (χ4v) is 7.66. The normalized spacial score (nSPS) is 36.2. The summed E-state index contributed by atoms with van der Waals surface area (Å²) in [5, 5.41) is 2.85. The third kappa shape index (κ3) is 5.03. The van der Waals surface area contributed by atoms with Crippen molar-refractivity contribution < 1.29 is 19.0 Å². The van der Waals surface area contributed by atoms with Gasteiger partial charge in [0.2, 0.25) is 0 Å².